The van der Waals surface area contributed by atoms with Crippen molar-refractivity contribution in [3.05, 3.63) is 53.4 Å². The number of H-pyrrole nitrogens is 1. The van der Waals surface area contributed by atoms with E-state index in [2.05, 4.69) is 27.2 Å². The van der Waals surface area contributed by atoms with Crippen molar-refractivity contribution in [3.8, 4) is 22.9 Å². The molecule has 1 aliphatic rings. The molecule has 0 bridgehead atoms. The standard InChI is InChI=1S/C22H23F2N5O3/c1-5-17(30)26-14-10-25-29(2)22(14)21-12-7-6-11(8-13(12)27-28-21)18-19(23)15(31-3)9-16(32-4)20(18)24/h5,9-11H,1,6-8H2,2-4H3,(H,26,30)(H,27,28)/i2D3. The van der Waals surface area contributed by atoms with Crippen LogP contribution in [-0.4, -0.2) is 40.1 Å². The van der Waals surface area contributed by atoms with Crippen molar-refractivity contribution in [2.24, 2.45) is 6.98 Å². The lowest BCUT2D eigenvalue weighted by Gasteiger charge is -2.25. The van der Waals surface area contributed by atoms with Gasteiger partial charge in [0.2, 0.25) is 5.91 Å². The van der Waals surface area contributed by atoms with Crippen molar-refractivity contribution in [1.82, 2.24) is 20.0 Å². The number of hydrogen-bond donors (Lipinski definition) is 2. The molecule has 10 heteroatoms. The van der Waals surface area contributed by atoms with Crippen molar-refractivity contribution in [2.75, 3.05) is 19.5 Å². The van der Waals surface area contributed by atoms with E-state index in [1.165, 1.54) is 20.4 Å². The van der Waals surface area contributed by atoms with E-state index < -0.39 is 30.4 Å². The van der Waals surface area contributed by atoms with E-state index in [1.54, 1.807) is 0 Å². The first kappa shape index (κ1) is 17.9. The number of rotatable bonds is 6. The fraction of sp³-hybridized carbons (Fsp3) is 0.318. The van der Waals surface area contributed by atoms with Gasteiger partial charge >= 0.3 is 0 Å². The highest BCUT2D eigenvalue weighted by Crippen LogP contribution is 2.42. The van der Waals surface area contributed by atoms with Crippen LogP contribution in [0.4, 0.5) is 14.5 Å². The molecule has 1 unspecified atom stereocenters. The first-order valence-electron chi connectivity index (χ1n) is 11.3. The van der Waals surface area contributed by atoms with Crippen LogP contribution in [0.15, 0.2) is 24.9 Å². The second-order valence-corrected chi connectivity index (χ2v) is 7.30. The Kier molecular flexibility index (Phi) is 4.73. The van der Waals surface area contributed by atoms with Gasteiger partial charge in [0.25, 0.3) is 0 Å². The van der Waals surface area contributed by atoms with Crippen molar-refractivity contribution < 1.29 is 27.2 Å². The van der Waals surface area contributed by atoms with Gasteiger partial charge in [-0.05, 0) is 31.3 Å². The lowest BCUT2D eigenvalue weighted by molar-refractivity contribution is -0.111. The summed E-state index contributed by atoms with van der Waals surface area (Å²) < 4.78 is 64.5. The molecule has 32 heavy (non-hydrogen) atoms. The second-order valence-electron chi connectivity index (χ2n) is 7.30. The molecule has 2 heterocycles. The lowest BCUT2D eigenvalue weighted by Crippen LogP contribution is -2.16. The smallest absolute Gasteiger partial charge is 0.247 e. The fourth-order valence-electron chi connectivity index (χ4n) is 4.06. The molecule has 0 radical (unpaired) electrons. The minimum atomic E-state index is -2.64. The van der Waals surface area contributed by atoms with Gasteiger partial charge in [-0.2, -0.15) is 10.2 Å². The maximum Gasteiger partial charge on any atom is 0.247 e. The Labute approximate surface area is 187 Å². The summed E-state index contributed by atoms with van der Waals surface area (Å²) in [5, 5.41) is 13.6. The maximum atomic E-state index is 15.1. The molecular weight excluding hydrogens is 420 g/mol. The number of aromatic nitrogens is 4. The van der Waals surface area contributed by atoms with Gasteiger partial charge in [0.05, 0.1) is 26.1 Å². The number of amides is 1. The molecule has 0 spiro atoms. The van der Waals surface area contributed by atoms with Gasteiger partial charge in [0.1, 0.15) is 11.4 Å². The van der Waals surface area contributed by atoms with Gasteiger partial charge in [-0.3, -0.25) is 14.6 Å². The number of methoxy groups -OCH3 is 2. The van der Waals surface area contributed by atoms with Crippen molar-refractivity contribution in [2.45, 2.75) is 25.2 Å². The Balaban J connectivity index is 1.76. The van der Waals surface area contributed by atoms with Crippen molar-refractivity contribution in [3.63, 3.8) is 0 Å². The van der Waals surface area contributed by atoms with Crippen LogP contribution in [0.25, 0.3) is 11.4 Å². The van der Waals surface area contributed by atoms with Crippen LogP contribution in [0.2, 0.25) is 0 Å². The molecule has 0 saturated carbocycles. The first-order chi connectivity index (χ1) is 16.6. The van der Waals surface area contributed by atoms with Crippen LogP contribution in [0.1, 0.15) is 33.3 Å². The van der Waals surface area contributed by atoms with Gasteiger partial charge in [0, 0.05) is 34.0 Å². The highest BCUT2D eigenvalue weighted by molar-refractivity contribution is 6.01. The molecule has 0 aliphatic heterocycles. The number of carbonyl (C=O) groups excluding carboxylic acids is 1. The quantitative estimate of drug-likeness (QED) is 0.566. The van der Waals surface area contributed by atoms with Crippen LogP contribution in [-0.2, 0) is 24.6 Å². The molecule has 2 N–H and O–H groups in total. The normalized spacial score (nSPS) is 17.0. The number of aromatic amines is 1. The number of nitrogens with one attached hydrogen (secondary N) is 2. The third-order valence-electron chi connectivity index (χ3n) is 5.60. The van der Waals surface area contributed by atoms with E-state index in [0.29, 0.717) is 24.1 Å². The van der Waals surface area contributed by atoms with E-state index in [1.807, 2.05) is 0 Å². The van der Waals surface area contributed by atoms with Crippen LogP contribution in [0.5, 0.6) is 11.5 Å². The van der Waals surface area contributed by atoms with Crippen LogP contribution < -0.4 is 14.8 Å². The summed E-state index contributed by atoms with van der Waals surface area (Å²) in [6.45, 7) is 0.760. The zero-order chi connectivity index (χ0) is 25.5. The first-order valence-corrected chi connectivity index (χ1v) is 9.78. The summed E-state index contributed by atoms with van der Waals surface area (Å²) in [4.78, 5) is 11.9. The highest BCUT2D eigenvalue weighted by atomic mass is 19.1. The van der Waals surface area contributed by atoms with E-state index in [4.69, 9.17) is 13.6 Å². The minimum absolute atomic E-state index is 0.0940. The van der Waals surface area contributed by atoms with Gasteiger partial charge in [-0.1, -0.05) is 6.58 Å². The number of ether oxygens (including phenoxy) is 2. The number of anilines is 1. The van der Waals surface area contributed by atoms with Gasteiger partial charge in [-0.25, -0.2) is 8.78 Å². The molecule has 1 atom stereocenters. The number of fused-ring (bicyclic) bond motifs is 1. The molecule has 8 nitrogen and oxygen atoms in total. The van der Waals surface area contributed by atoms with Crippen LogP contribution in [0.3, 0.4) is 0 Å². The summed E-state index contributed by atoms with van der Waals surface area (Å²) in [7, 11) is 2.58. The molecule has 2 aromatic heterocycles. The maximum absolute atomic E-state index is 15.1. The zero-order valence-corrected chi connectivity index (χ0v) is 17.5. The molecule has 1 aliphatic carbocycles. The number of aryl methyl sites for hydroxylation is 1. The average Bonchev–Trinajstić information content (AvgIpc) is 3.42. The number of benzene rings is 1. The van der Waals surface area contributed by atoms with E-state index in [0.717, 1.165) is 16.8 Å². The molecule has 4 rings (SSSR count). The summed E-state index contributed by atoms with van der Waals surface area (Å²) in [6, 6.07) is 1.16. The number of halogens is 2. The molecule has 1 aromatic carbocycles. The number of nitrogens with zero attached hydrogens (tertiary/aromatic N) is 3. The Morgan fingerprint density at radius 1 is 1.38 bits per heavy atom. The van der Waals surface area contributed by atoms with Crippen molar-refractivity contribution in [1.29, 1.82) is 0 Å². The second kappa shape index (κ2) is 8.45. The zero-order valence-electron chi connectivity index (χ0n) is 20.5. The summed E-state index contributed by atoms with van der Waals surface area (Å²) in [6.07, 6.45) is 3.17. The van der Waals surface area contributed by atoms with Gasteiger partial charge in [0.15, 0.2) is 23.1 Å². The predicted molar refractivity (Wildman–Crippen MR) is 114 cm³/mol. The molecule has 0 saturated heterocycles. The van der Waals surface area contributed by atoms with Gasteiger partial charge < -0.3 is 14.8 Å². The Morgan fingerprint density at radius 3 is 2.72 bits per heavy atom. The minimum Gasteiger partial charge on any atom is -0.494 e. The molecule has 0 fully saturated rings. The molecule has 168 valence electrons. The SMILES string of the molecule is [2H]C([2H])([2H])n1ncc(NC(=O)C=C)c1-c1n[nH]c2c1CCC(c1c(F)c(OC)cc(OC)c1F)C2. The summed E-state index contributed by atoms with van der Waals surface area (Å²) >= 11 is 0. The number of hydrogen-bond acceptors (Lipinski definition) is 5. The Bertz CT molecular complexity index is 1270. The third kappa shape index (κ3) is 3.51. The predicted octanol–water partition coefficient (Wildman–Crippen LogP) is 3.50. The van der Waals surface area contributed by atoms with E-state index in [9.17, 15) is 4.79 Å². The van der Waals surface area contributed by atoms with Crippen molar-refractivity contribution >= 4 is 11.6 Å². The largest absolute Gasteiger partial charge is 0.494 e. The fourth-order valence-corrected chi connectivity index (χ4v) is 4.06. The molecule has 3 aromatic rings. The highest BCUT2D eigenvalue weighted by Gasteiger charge is 2.32. The van der Waals surface area contributed by atoms with Gasteiger partial charge in [-0.15, -0.1) is 0 Å². The van der Waals surface area contributed by atoms with Crippen LogP contribution in [0, 0.1) is 11.6 Å². The Morgan fingerprint density at radius 2 is 2.09 bits per heavy atom. The molecule has 1 amide bonds. The molecular formula is C22H23F2N5O3. The lowest BCUT2D eigenvalue weighted by atomic mass is 9.81. The Hall–Kier alpha value is -3.69. The summed E-state index contributed by atoms with van der Waals surface area (Å²) in [5.41, 5.74) is 1.66. The monoisotopic (exact) mass is 446 g/mol. The summed E-state index contributed by atoms with van der Waals surface area (Å²) in [5.74, 6) is -2.94. The van der Waals surface area contributed by atoms with E-state index in [-0.39, 0.29) is 40.6 Å². The van der Waals surface area contributed by atoms with E-state index >= 15 is 8.78 Å². The average molecular weight is 446 g/mol. The van der Waals surface area contributed by atoms with Crippen LogP contribution >= 0.6 is 0 Å². The number of carbonyl (C=O) groups is 1. The third-order valence-corrected chi connectivity index (χ3v) is 5.60. The topological polar surface area (TPSA) is 94.1 Å².